The Kier molecular flexibility index (Phi) is 4.43. The minimum absolute atomic E-state index is 0.0812. The van der Waals surface area contributed by atoms with Gasteiger partial charge in [0, 0.05) is 11.6 Å². The normalized spacial score (nSPS) is 12.8. The molecule has 0 spiro atoms. The Morgan fingerprint density at radius 2 is 1.94 bits per heavy atom. The van der Waals surface area contributed by atoms with Crippen LogP contribution in [0.5, 0.6) is 0 Å². The summed E-state index contributed by atoms with van der Waals surface area (Å²) in [6.07, 6.45) is 0. The number of rotatable bonds is 4. The van der Waals surface area contributed by atoms with E-state index in [0.717, 1.165) is 0 Å². The van der Waals surface area contributed by atoms with Crippen molar-refractivity contribution < 1.29 is 13.5 Å². The number of hydrogen-bond donors (Lipinski definition) is 2. The van der Waals surface area contributed by atoms with Crippen molar-refractivity contribution in [3.8, 4) is 0 Å². The van der Waals surface area contributed by atoms with E-state index >= 15 is 0 Å². The van der Waals surface area contributed by atoms with Gasteiger partial charge in [-0.3, -0.25) is 0 Å². The molecule has 0 aliphatic carbocycles. The molecule has 4 nitrogen and oxygen atoms in total. The summed E-state index contributed by atoms with van der Waals surface area (Å²) >= 11 is 11.5. The number of hydrogen-bond acceptors (Lipinski definition) is 3. The maximum atomic E-state index is 11.9. The molecule has 1 aromatic carbocycles. The first-order valence-corrected chi connectivity index (χ1v) is 7.03. The summed E-state index contributed by atoms with van der Waals surface area (Å²) in [5, 5.41) is 9.82. The first kappa shape index (κ1) is 14.7. The van der Waals surface area contributed by atoms with Gasteiger partial charge in [0.05, 0.1) is 10.6 Å². The topological polar surface area (TPSA) is 66.4 Å². The van der Waals surface area contributed by atoms with Crippen molar-refractivity contribution in [2.75, 3.05) is 6.54 Å². The third-order valence-corrected chi connectivity index (χ3v) is 4.00. The molecule has 0 aliphatic rings. The van der Waals surface area contributed by atoms with Crippen molar-refractivity contribution in [1.29, 1.82) is 0 Å². The van der Waals surface area contributed by atoms with Crippen molar-refractivity contribution in [1.82, 2.24) is 4.72 Å². The van der Waals surface area contributed by atoms with Crippen LogP contribution in [0.1, 0.15) is 13.8 Å². The van der Waals surface area contributed by atoms with Crippen molar-refractivity contribution in [2.45, 2.75) is 24.3 Å². The van der Waals surface area contributed by atoms with Gasteiger partial charge in [-0.15, -0.1) is 0 Å². The fraction of sp³-hybridized carbons (Fsp3) is 0.400. The van der Waals surface area contributed by atoms with Gasteiger partial charge in [-0.1, -0.05) is 23.2 Å². The molecule has 0 amide bonds. The number of sulfonamides is 1. The number of aliphatic hydroxyl groups is 1. The molecule has 1 aromatic rings. The van der Waals surface area contributed by atoms with Crippen LogP contribution in [-0.4, -0.2) is 25.7 Å². The average molecular weight is 298 g/mol. The van der Waals surface area contributed by atoms with Crippen LogP contribution < -0.4 is 4.72 Å². The van der Waals surface area contributed by atoms with Gasteiger partial charge < -0.3 is 5.11 Å². The third kappa shape index (κ3) is 4.44. The summed E-state index contributed by atoms with van der Waals surface area (Å²) in [7, 11) is -3.77. The molecule has 0 bridgehead atoms. The van der Waals surface area contributed by atoms with E-state index in [0.29, 0.717) is 0 Å². The smallest absolute Gasteiger partial charge is 0.242 e. The Hall–Kier alpha value is -0.330. The summed E-state index contributed by atoms with van der Waals surface area (Å²) in [4.78, 5) is -0.101. The van der Waals surface area contributed by atoms with E-state index in [1.54, 1.807) is 0 Å². The highest BCUT2D eigenvalue weighted by atomic mass is 35.5. The molecule has 0 aliphatic heterocycles. The van der Waals surface area contributed by atoms with E-state index in [9.17, 15) is 13.5 Å². The predicted molar refractivity (Wildman–Crippen MR) is 67.9 cm³/mol. The van der Waals surface area contributed by atoms with E-state index in [-0.39, 0.29) is 21.5 Å². The first-order valence-electron chi connectivity index (χ1n) is 4.79. The van der Waals surface area contributed by atoms with Crippen molar-refractivity contribution in [3.05, 3.63) is 28.2 Å². The molecule has 17 heavy (non-hydrogen) atoms. The van der Waals surface area contributed by atoms with Crippen LogP contribution in [0.15, 0.2) is 23.1 Å². The van der Waals surface area contributed by atoms with E-state index in [4.69, 9.17) is 23.2 Å². The standard InChI is InChI=1S/C10H13Cl2NO3S/c1-10(2,14)6-13-17(15,16)9-5-7(11)3-4-8(9)12/h3-5,13-14H,6H2,1-2H3. The van der Waals surface area contributed by atoms with Crippen molar-refractivity contribution in [3.63, 3.8) is 0 Å². The van der Waals surface area contributed by atoms with Crippen LogP contribution in [0, 0.1) is 0 Å². The maximum absolute atomic E-state index is 11.9. The molecule has 0 unspecified atom stereocenters. The zero-order chi connectivity index (χ0) is 13.3. The Bertz CT molecular complexity index is 509. The Morgan fingerprint density at radius 3 is 2.47 bits per heavy atom. The van der Waals surface area contributed by atoms with Gasteiger partial charge in [0.15, 0.2) is 0 Å². The molecule has 0 fully saturated rings. The SMILES string of the molecule is CC(C)(O)CNS(=O)(=O)c1cc(Cl)ccc1Cl. The first-order chi connectivity index (χ1) is 7.62. The molecule has 2 N–H and O–H groups in total. The quantitative estimate of drug-likeness (QED) is 0.894. The summed E-state index contributed by atoms with van der Waals surface area (Å²) in [5.41, 5.74) is -1.14. The van der Waals surface area contributed by atoms with Crippen LogP contribution in [0.25, 0.3) is 0 Å². The fourth-order valence-corrected chi connectivity index (χ4v) is 3.00. The lowest BCUT2D eigenvalue weighted by atomic mass is 10.1. The molecular formula is C10H13Cl2NO3S. The zero-order valence-corrected chi connectivity index (χ0v) is 11.7. The van der Waals surface area contributed by atoms with Gasteiger partial charge in [0.1, 0.15) is 4.90 Å². The monoisotopic (exact) mass is 297 g/mol. The predicted octanol–water partition coefficient (Wildman–Crippen LogP) is 2.04. The maximum Gasteiger partial charge on any atom is 0.242 e. The molecule has 0 saturated heterocycles. The molecule has 0 aromatic heterocycles. The molecule has 0 saturated carbocycles. The molecule has 0 radical (unpaired) electrons. The van der Waals surface area contributed by atoms with Crippen molar-refractivity contribution in [2.24, 2.45) is 0 Å². The number of nitrogens with one attached hydrogen (secondary N) is 1. The van der Waals surface area contributed by atoms with Crippen LogP contribution >= 0.6 is 23.2 Å². The van der Waals surface area contributed by atoms with E-state index in [2.05, 4.69) is 4.72 Å². The van der Waals surface area contributed by atoms with Gasteiger partial charge in [-0.25, -0.2) is 13.1 Å². The summed E-state index contributed by atoms with van der Waals surface area (Å²) in [6.45, 7) is 2.88. The largest absolute Gasteiger partial charge is 0.389 e. The average Bonchev–Trinajstić information content (AvgIpc) is 2.18. The minimum atomic E-state index is -3.77. The molecule has 0 heterocycles. The lowest BCUT2D eigenvalue weighted by Gasteiger charge is -2.18. The molecule has 96 valence electrons. The van der Waals surface area contributed by atoms with Crippen molar-refractivity contribution >= 4 is 33.2 Å². The van der Waals surface area contributed by atoms with Gasteiger partial charge in [-0.2, -0.15) is 0 Å². The second-order valence-corrected chi connectivity index (χ2v) is 6.79. The van der Waals surface area contributed by atoms with Crippen LogP contribution in [0.2, 0.25) is 10.0 Å². The lowest BCUT2D eigenvalue weighted by molar-refractivity contribution is 0.0857. The highest BCUT2D eigenvalue weighted by Crippen LogP contribution is 2.24. The Morgan fingerprint density at radius 1 is 1.35 bits per heavy atom. The lowest BCUT2D eigenvalue weighted by Crippen LogP contribution is -2.38. The van der Waals surface area contributed by atoms with Gasteiger partial charge in [0.25, 0.3) is 0 Å². The number of halogens is 2. The van der Waals surface area contributed by atoms with Gasteiger partial charge in [-0.05, 0) is 32.0 Å². The highest BCUT2D eigenvalue weighted by molar-refractivity contribution is 7.89. The third-order valence-electron chi connectivity index (χ3n) is 1.88. The summed E-state index contributed by atoms with van der Waals surface area (Å²) in [5.74, 6) is 0. The molecule has 7 heteroatoms. The second kappa shape index (κ2) is 5.12. The zero-order valence-electron chi connectivity index (χ0n) is 9.37. The fourth-order valence-electron chi connectivity index (χ4n) is 1.03. The summed E-state index contributed by atoms with van der Waals surface area (Å²) < 4.78 is 26.0. The van der Waals surface area contributed by atoms with E-state index < -0.39 is 15.6 Å². The Balaban J connectivity index is 3.02. The van der Waals surface area contributed by atoms with E-state index in [1.807, 2.05) is 0 Å². The van der Waals surface area contributed by atoms with Gasteiger partial charge >= 0.3 is 0 Å². The Labute approximate surface area is 111 Å². The summed E-state index contributed by atoms with van der Waals surface area (Å²) in [6, 6.07) is 4.16. The molecule has 0 atom stereocenters. The van der Waals surface area contributed by atoms with E-state index in [1.165, 1.54) is 32.0 Å². The second-order valence-electron chi connectivity index (χ2n) is 4.21. The van der Waals surface area contributed by atoms with Crippen LogP contribution in [0.3, 0.4) is 0 Å². The highest BCUT2D eigenvalue weighted by Gasteiger charge is 2.22. The van der Waals surface area contributed by atoms with Gasteiger partial charge in [0.2, 0.25) is 10.0 Å². The van der Waals surface area contributed by atoms with Crippen LogP contribution in [-0.2, 0) is 10.0 Å². The minimum Gasteiger partial charge on any atom is -0.389 e. The molecular weight excluding hydrogens is 285 g/mol. The molecule has 1 rings (SSSR count). The number of benzene rings is 1. The van der Waals surface area contributed by atoms with Crippen LogP contribution in [0.4, 0.5) is 0 Å².